The molecule has 0 radical (unpaired) electrons. The van der Waals surface area contributed by atoms with E-state index >= 15 is 0 Å². The van der Waals surface area contributed by atoms with Crippen molar-refractivity contribution in [3.8, 4) is 0 Å². The Kier molecular flexibility index (Phi) is 4.90. The Bertz CT molecular complexity index is 521. The summed E-state index contributed by atoms with van der Waals surface area (Å²) in [5, 5.41) is 13.1. The van der Waals surface area contributed by atoms with Gasteiger partial charge in [0.1, 0.15) is 0 Å². The predicted octanol–water partition coefficient (Wildman–Crippen LogP) is 2.91. The molecule has 2 fully saturated rings. The summed E-state index contributed by atoms with van der Waals surface area (Å²) in [6.07, 6.45) is 6.52. The number of amides is 2. The average Bonchev–Trinajstić information content (AvgIpc) is 3.32. The molecule has 0 bridgehead atoms. The van der Waals surface area contributed by atoms with E-state index in [1.165, 1.54) is 18.4 Å². The Morgan fingerprint density at radius 3 is 2.57 bits per heavy atom. The minimum absolute atomic E-state index is 0.0763. The number of benzene rings is 1. The molecule has 2 amide bonds. The van der Waals surface area contributed by atoms with Crippen molar-refractivity contribution in [1.82, 2.24) is 10.2 Å². The summed E-state index contributed by atoms with van der Waals surface area (Å²) < 4.78 is 0. The molecule has 0 heterocycles. The number of carbonyl (C=O) groups is 1. The van der Waals surface area contributed by atoms with Crippen molar-refractivity contribution in [2.24, 2.45) is 5.92 Å². The van der Waals surface area contributed by atoms with Crippen LogP contribution in [0.4, 0.5) is 4.79 Å². The second kappa shape index (κ2) is 6.91. The van der Waals surface area contributed by atoms with E-state index in [-0.39, 0.29) is 17.6 Å². The fourth-order valence-corrected chi connectivity index (χ4v) is 3.78. The molecule has 0 aromatic heterocycles. The predicted molar refractivity (Wildman–Crippen MR) is 91.3 cm³/mol. The Balaban J connectivity index is 1.57. The number of likely N-dealkylation sites (N-methyl/N-ethyl adjacent to an activating group) is 1. The molecular formula is C19H28N2O2. The summed E-state index contributed by atoms with van der Waals surface area (Å²) in [5.74, 6) is 0.399. The average molecular weight is 316 g/mol. The molecule has 4 nitrogen and oxygen atoms in total. The Morgan fingerprint density at radius 1 is 1.30 bits per heavy atom. The molecule has 4 heteroatoms. The summed E-state index contributed by atoms with van der Waals surface area (Å²) in [6.45, 7) is 1.11. The minimum Gasteiger partial charge on any atom is -0.391 e. The summed E-state index contributed by atoms with van der Waals surface area (Å²) in [6, 6.07) is 10.5. The van der Waals surface area contributed by atoms with Crippen LogP contribution in [-0.4, -0.2) is 42.3 Å². The van der Waals surface area contributed by atoms with Crippen LogP contribution in [0.3, 0.4) is 0 Å². The molecule has 1 aromatic rings. The van der Waals surface area contributed by atoms with E-state index in [1.54, 1.807) is 11.9 Å². The number of hydrogen-bond donors (Lipinski definition) is 2. The smallest absolute Gasteiger partial charge is 0.317 e. The molecule has 1 aromatic carbocycles. The molecule has 2 saturated carbocycles. The van der Waals surface area contributed by atoms with Gasteiger partial charge in [-0.3, -0.25) is 0 Å². The van der Waals surface area contributed by atoms with Crippen molar-refractivity contribution in [3.63, 3.8) is 0 Å². The highest BCUT2D eigenvalue weighted by Gasteiger charge is 2.36. The van der Waals surface area contributed by atoms with E-state index in [1.807, 2.05) is 6.07 Å². The third-order valence-corrected chi connectivity index (χ3v) is 5.50. The fraction of sp³-hybridized carbons (Fsp3) is 0.632. The quantitative estimate of drug-likeness (QED) is 0.848. The molecule has 0 saturated heterocycles. The van der Waals surface area contributed by atoms with Gasteiger partial charge in [0.2, 0.25) is 0 Å². The van der Waals surface area contributed by atoms with Crippen LogP contribution in [0.2, 0.25) is 0 Å². The zero-order valence-corrected chi connectivity index (χ0v) is 14.0. The molecule has 0 spiro atoms. The maximum Gasteiger partial charge on any atom is 0.317 e. The van der Waals surface area contributed by atoms with Gasteiger partial charge in [0.25, 0.3) is 0 Å². The standard InChI is InChI=1S/C19H28N2O2/c1-21(13-17(22)15-9-10-15)18(23)20-14-19(11-5-6-12-19)16-7-3-2-4-8-16/h2-4,7-8,15,17,22H,5-6,9-14H2,1H3,(H,20,23). The molecular weight excluding hydrogens is 288 g/mol. The Labute approximate surface area is 138 Å². The topological polar surface area (TPSA) is 52.6 Å². The molecule has 0 aliphatic heterocycles. The largest absolute Gasteiger partial charge is 0.391 e. The van der Waals surface area contributed by atoms with Crippen LogP contribution < -0.4 is 5.32 Å². The molecule has 2 aliphatic carbocycles. The van der Waals surface area contributed by atoms with Crippen molar-refractivity contribution >= 4 is 6.03 Å². The highest BCUT2D eigenvalue weighted by molar-refractivity contribution is 5.74. The molecule has 1 atom stereocenters. The number of carbonyl (C=O) groups excluding carboxylic acids is 1. The number of nitrogens with one attached hydrogen (secondary N) is 1. The summed E-state index contributed by atoms with van der Waals surface area (Å²) >= 11 is 0. The number of urea groups is 1. The van der Waals surface area contributed by atoms with E-state index in [4.69, 9.17) is 0 Å². The Morgan fingerprint density at radius 2 is 1.96 bits per heavy atom. The maximum atomic E-state index is 12.4. The third-order valence-electron chi connectivity index (χ3n) is 5.50. The molecule has 1 unspecified atom stereocenters. The highest BCUT2D eigenvalue weighted by atomic mass is 16.3. The van der Waals surface area contributed by atoms with E-state index in [2.05, 4.69) is 29.6 Å². The van der Waals surface area contributed by atoms with Crippen LogP contribution in [0.1, 0.15) is 44.1 Å². The first-order valence-corrected chi connectivity index (χ1v) is 8.83. The van der Waals surface area contributed by atoms with Crippen LogP contribution in [0.5, 0.6) is 0 Å². The van der Waals surface area contributed by atoms with Gasteiger partial charge in [-0.25, -0.2) is 4.79 Å². The van der Waals surface area contributed by atoms with Crippen LogP contribution in [0, 0.1) is 5.92 Å². The maximum absolute atomic E-state index is 12.4. The zero-order chi connectivity index (χ0) is 16.3. The monoisotopic (exact) mass is 316 g/mol. The first-order valence-electron chi connectivity index (χ1n) is 8.83. The number of hydrogen-bond acceptors (Lipinski definition) is 2. The van der Waals surface area contributed by atoms with Crippen molar-refractivity contribution in [2.75, 3.05) is 20.1 Å². The second-order valence-electron chi connectivity index (χ2n) is 7.30. The van der Waals surface area contributed by atoms with E-state index in [0.717, 1.165) is 25.7 Å². The summed E-state index contributed by atoms with van der Waals surface area (Å²) in [4.78, 5) is 14.0. The first-order chi connectivity index (χ1) is 11.1. The van der Waals surface area contributed by atoms with Gasteiger partial charge in [-0.1, -0.05) is 43.2 Å². The van der Waals surface area contributed by atoms with Gasteiger partial charge < -0.3 is 15.3 Å². The van der Waals surface area contributed by atoms with Crippen molar-refractivity contribution in [3.05, 3.63) is 35.9 Å². The van der Waals surface area contributed by atoms with Crippen LogP contribution in [0.15, 0.2) is 30.3 Å². The number of rotatable bonds is 6. The Hall–Kier alpha value is -1.55. The number of nitrogens with zero attached hydrogens (tertiary/aromatic N) is 1. The number of aliphatic hydroxyl groups excluding tert-OH is 1. The number of aliphatic hydroxyl groups is 1. The third kappa shape index (κ3) is 3.86. The molecule has 2 aliphatic rings. The molecule has 23 heavy (non-hydrogen) atoms. The van der Waals surface area contributed by atoms with Gasteiger partial charge in [-0.05, 0) is 37.2 Å². The van der Waals surface area contributed by atoms with Gasteiger partial charge in [-0.15, -0.1) is 0 Å². The second-order valence-corrected chi connectivity index (χ2v) is 7.30. The molecule has 3 rings (SSSR count). The van der Waals surface area contributed by atoms with Gasteiger partial charge in [0.05, 0.1) is 6.10 Å². The van der Waals surface area contributed by atoms with Gasteiger partial charge in [0, 0.05) is 25.6 Å². The SMILES string of the molecule is CN(CC(O)C1CC1)C(=O)NCC1(c2ccccc2)CCCC1. The van der Waals surface area contributed by atoms with Gasteiger partial charge >= 0.3 is 6.03 Å². The molecule has 126 valence electrons. The lowest BCUT2D eigenvalue weighted by Gasteiger charge is -2.31. The molecule has 2 N–H and O–H groups in total. The van der Waals surface area contributed by atoms with Gasteiger partial charge in [0.15, 0.2) is 0 Å². The lowest BCUT2D eigenvalue weighted by Crippen LogP contribution is -2.46. The lowest BCUT2D eigenvalue weighted by molar-refractivity contribution is 0.113. The summed E-state index contributed by atoms with van der Waals surface area (Å²) in [7, 11) is 1.77. The van der Waals surface area contributed by atoms with E-state index in [0.29, 0.717) is 19.0 Å². The highest BCUT2D eigenvalue weighted by Crippen LogP contribution is 2.40. The van der Waals surface area contributed by atoms with Crippen molar-refractivity contribution < 1.29 is 9.90 Å². The fourth-order valence-electron chi connectivity index (χ4n) is 3.78. The van der Waals surface area contributed by atoms with Crippen molar-refractivity contribution in [1.29, 1.82) is 0 Å². The van der Waals surface area contributed by atoms with Crippen LogP contribution in [-0.2, 0) is 5.41 Å². The van der Waals surface area contributed by atoms with Crippen molar-refractivity contribution in [2.45, 2.75) is 50.0 Å². The van der Waals surface area contributed by atoms with E-state index < -0.39 is 0 Å². The lowest BCUT2D eigenvalue weighted by atomic mass is 9.79. The normalized spacial score (nSPS) is 21.0. The van der Waals surface area contributed by atoms with Gasteiger partial charge in [-0.2, -0.15) is 0 Å². The summed E-state index contributed by atoms with van der Waals surface area (Å²) in [5.41, 5.74) is 1.41. The zero-order valence-electron chi connectivity index (χ0n) is 14.0. The van der Waals surface area contributed by atoms with Crippen LogP contribution in [0.25, 0.3) is 0 Å². The van der Waals surface area contributed by atoms with Crippen LogP contribution >= 0.6 is 0 Å². The van der Waals surface area contributed by atoms with E-state index in [9.17, 15) is 9.90 Å². The minimum atomic E-state index is -0.375. The first kappa shape index (κ1) is 16.3.